The molecule has 4 rings (SSSR count). The maximum Gasteiger partial charge on any atom is 0.259 e. The minimum absolute atomic E-state index is 0.331. The average Bonchev–Trinajstić information content (AvgIpc) is 3.39. The van der Waals surface area contributed by atoms with Crippen LogP contribution in [-0.4, -0.2) is 37.8 Å². The number of aryl methyl sites for hydroxylation is 1. The van der Waals surface area contributed by atoms with Crippen LogP contribution in [0.3, 0.4) is 0 Å². The second-order valence-corrected chi connectivity index (χ2v) is 6.64. The van der Waals surface area contributed by atoms with Crippen LogP contribution in [0.2, 0.25) is 5.02 Å². The molecule has 0 aliphatic rings. The van der Waals surface area contributed by atoms with Crippen molar-refractivity contribution in [2.45, 2.75) is 6.92 Å². The molecular formula is C20H17ClN6O2. The maximum absolute atomic E-state index is 12.9. The molecular weight excluding hydrogens is 392 g/mol. The summed E-state index contributed by atoms with van der Waals surface area (Å²) >= 11 is 6.43. The lowest BCUT2D eigenvalue weighted by Gasteiger charge is -2.14. The van der Waals surface area contributed by atoms with Crippen LogP contribution in [0.25, 0.3) is 11.4 Å². The third kappa shape index (κ3) is 3.70. The third-order valence-electron chi connectivity index (χ3n) is 4.37. The van der Waals surface area contributed by atoms with Crippen molar-refractivity contribution in [3.8, 4) is 17.1 Å². The van der Waals surface area contributed by atoms with E-state index in [2.05, 4.69) is 20.8 Å². The molecule has 0 aliphatic carbocycles. The lowest BCUT2D eigenvalue weighted by Crippen LogP contribution is -2.14. The summed E-state index contributed by atoms with van der Waals surface area (Å²) in [4.78, 5) is 12.9. The van der Waals surface area contributed by atoms with Gasteiger partial charge in [0.1, 0.15) is 5.75 Å². The molecule has 0 saturated carbocycles. The van der Waals surface area contributed by atoms with Gasteiger partial charge < -0.3 is 14.6 Å². The summed E-state index contributed by atoms with van der Waals surface area (Å²) in [6, 6.07) is 14.3. The number of amides is 1. The first-order chi connectivity index (χ1) is 14.1. The Kier molecular flexibility index (Phi) is 5.01. The van der Waals surface area contributed by atoms with Gasteiger partial charge >= 0.3 is 0 Å². The van der Waals surface area contributed by atoms with Gasteiger partial charge in [0.05, 0.1) is 29.1 Å². The summed E-state index contributed by atoms with van der Waals surface area (Å²) in [7, 11) is 1.51. The van der Waals surface area contributed by atoms with Crippen LogP contribution in [0.5, 0.6) is 5.75 Å². The average molecular weight is 409 g/mol. The van der Waals surface area contributed by atoms with Gasteiger partial charge in [-0.3, -0.25) is 4.79 Å². The van der Waals surface area contributed by atoms with E-state index in [0.717, 1.165) is 11.4 Å². The molecule has 2 heterocycles. The van der Waals surface area contributed by atoms with Gasteiger partial charge in [-0.2, -0.15) is 4.68 Å². The van der Waals surface area contributed by atoms with E-state index in [-0.39, 0.29) is 5.91 Å². The first-order valence-corrected chi connectivity index (χ1v) is 9.12. The van der Waals surface area contributed by atoms with Gasteiger partial charge in [0, 0.05) is 24.1 Å². The van der Waals surface area contributed by atoms with Crippen LogP contribution in [0.1, 0.15) is 16.2 Å². The molecule has 1 amide bonds. The molecule has 0 fully saturated rings. The van der Waals surface area contributed by atoms with Gasteiger partial charge in [-0.05, 0) is 53.7 Å². The highest BCUT2D eigenvalue weighted by Crippen LogP contribution is 2.30. The number of aromatic nitrogens is 5. The summed E-state index contributed by atoms with van der Waals surface area (Å²) in [6.07, 6.45) is 3.74. The predicted octanol–water partition coefficient (Wildman–Crippen LogP) is 3.68. The first-order valence-electron chi connectivity index (χ1n) is 8.74. The van der Waals surface area contributed by atoms with Crippen molar-refractivity contribution < 1.29 is 9.53 Å². The molecule has 146 valence electrons. The number of halogens is 1. The summed E-state index contributed by atoms with van der Waals surface area (Å²) < 4.78 is 8.87. The quantitative estimate of drug-likeness (QED) is 0.544. The van der Waals surface area contributed by atoms with E-state index >= 15 is 0 Å². The Morgan fingerprint density at radius 2 is 1.93 bits per heavy atom. The normalized spacial score (nSPS) is 10.7. The number of hydrogen-bond donors (Lipinski definition) is 1. The number of nitrogens with zero attached hydrogens (tertiary/aromatic N) is 5. The molecule has 4 aromatic rings. The molecule has 0 radical (unpaired) electrons. The van der Waals surface area contributed by atoms with Crippen molar-refractivity contribution in [3.63, 3.8) is 0 Å². The maximum atomic E-state index is 12.9. The number of nitrogens with one attached hydrogen (secondary N) is 1. The Morgan fingerprint density at radius 3 is 2.62 bits per heavy atom. The molecule has 2 aromatic carbocycles. The fraction of sp³-hybridized carbons (Fsp3) is 0.100. The van der Waals surface area contributed by atoms with Crippen molar-refractivity contribution >= 4 is 23.2 Å². The minimum Gasteiger partial charge on any atom is -0.496 e. The molecule has 9 heteroatoms. The highest BCUT2D eigenvalue weighted by Gasteiger charge is 2.17. The van der Waals surface area contributed by atoms with Gasteiger partial charge in [-0.1, -0.05) is 17.7 Å². The molecule has 8 nitrogen and oxygen atoms in total. The zero-order valence-electron chi connectivity index (χ0n) is 15.7. The third-order valence-corrected chi connectivity index (χ3v) is 4.67. The largest absolute Gasteiger partial charge is 0.496 e. The van der Waals surface area contributed by atoms with E-state index < -0.39 is 0 Å². The number of tetrazole rings is 1. The zero-order chi connectivity index (χ0) is 20.4. The number of methoxy groups -OCH3 is 1. The minimum atomic E-state index is -0.339. The molecule has 1 N–H and O–H groups in total. The van der Waals surface area contributed by atoms with Crippen LogP contribution in [0.4, 0.5) is 5.69 Å². The molecule has 0 spiro atoms. The number of carbonyl (C=O) groups excluding carboxylic acids is 1. The second kappa shape index (κ2) is 7.76. The van der Waals surface area contributed by atoms with E-state index in [1.54, 1.807) is 35.9 Å². The van der Waals surface area contributed by atoms with E-state index in [1.807, 2.05) is 41.2 Å². The van der Waals surface area contributed by atoms with Gasteiger partial charge in [0.2, 0.25) is 0 Å². The first kappa shape index (κ1) is 18.7. The van der Waals surface area contributed by atoms with E-state index in [0.29, 0.717) is 27.8 Å². The van der Waals surface area contributed by atoms with E-state index in [1.165, 1.54) is 7.11 Å². The number of anilines is 1. The number of rotatable bonds is 5. The lowest BCUT2D eigenvalue weighted by atomic mass is 10.1. The highest BCUT2D eigenvalue weighted by atomic mass is 35.5. The fourth-order valence-electron chi connectivity index (χ4n) is 2.97. The Morgan fingerprint density at radius 1 is 1.14 bits per heavy atom. The second-order valence-electron chi connectivity index (χ2n) is 6.24. The summed E-state index contributed by atoms with van der Waals surface area (Å²) in [5.74, 6) is 0.721. The number of ether oxygens (including phenoxy) is 1. The molecule has 29 heavy (non-hydrogen) atoms. The van der Waals surface area contributed by atoms with Gasteiger partial charge in [-0.15, -0.1) is 5.10 Å². The van der Waals surface area contributed by atoms with Crippen molar-refractivity contribution in [3.05, 3.63) is 77.3 Å². The molecule has 0 aliphatic heterocycles. The molecule has 0 atom stereocenters. The number of carbonyl (C=O) groups is 1. The molecule has 0 saturated heterocycles. The van der Waals surface area contributed by atoms with Crippen molar-refractivity contribution in [2.75, 3.05) is 12.4 Å². The van der Waals surface area contributed by atoms with Crippen LogP contribution >= 0.6 is 11.6 Å². The Bertz CT molecular complexity index is 1170. The number of hydrogen-bond acceptors (Lipinski definition) is 5. The summed E-state index contributed by atoms with van der Waals surface area (Å²) in [6.45, 7) is 1.80. The van der Waals surface area contributed by atoms with Crippen LogP contribution in [0, 0.1) is 6.92 Å². The molecule has 0 bridgehead atoms. The predicted molar refractivity (Wildman–Crippen MR) is 109 cm³/mol. The van der Waals surface area contributed by atoms with E-state index in [9.17, 15) is 4.79 Å². The SMILES string of the molecule is COc1cc(-n2cccc2)c(Cl)cc1C(=O)Nc1cccc(-n2nnnc2C)c1. The van der Waals surface area contributed by atoms with E-state index in [4.69, 9.17) is 16.3 Å². The van der Waals surface area contributed by atoms with Crippen LogP contribution in [0.15, 0.2) is 60.9 Å². The Labute approximate surface area is 171 Å². The standard InChI is InChI=1S/C20H17ClN6O2/c1-13-23-24-25-27(13)15-7-5-6-14(10-15)22-20(28)16-11-17(21)18(12-19(16)29-2)26-8-3-4-9-26/h3-12H,1-2H3,(H,22,28). The summed E-state index contributed by atoms with van der Waals surface area (Å²) in [5, 5.41) is 14.8. The molecule has 0 unspecified atom stereocenters. The smallest absolute Gasteiger partial charge is 0.259 e. The fourth-order valence-corrected chi connectivity index (χ4v) is 3.23. The van der Waals surface area contributed by atoms with Gasteiger partial charge in [0.15, 0.2) is 5.82 Å². The molecule has 2 aromatic heterocycles. The monoisotopic (exact) mass is 408 g/mol. The van der Waals surface area contributed by atoms with Crippen molar-refractivity contribution in [1.82, 2.24) is 24.8 Å². The Hall–Kier alpha value is -3.65. The van der Waals surface area contributed by atoms with Crippen LogP contribution in [-0.2, 0) is 0 Å². The van der Waals surface area contributed by atoms with Gasteiger partial charge in [0.25, 0.3) is 5.91 Å². The van der Waals surface area contributed by atoms with Crippen molar-refractivity contribution in [2.24, 2.45) is 0 Å². The van der Waals surface area contributed by atoms with Crippen molar-refractivity contribution in [1.29, 1.82) is 0 Å². The van der Waals surface area contributed by atoms with Crippen LogP contribution < -0.4 is 10.1 Å². The summed E-state index contributed by atoms with van der Waals surface area (Å²) in [5.41, 5.74) is 2.38. The topological polar surface area (TPSA) is 86.9 Å². The zero-order valence-corrected chi connectivity index (χ0v) is 16.5. The lowest BCUT2D eigenvalue weighted by molar-refractivity contribution is 0.102. The Balaban J connectivity index is 1.64. The number of benzene rings is 2. The highest BCUT2D eigenvalue weighted by molar-refractivity contribution is 6.33. The van der Waals surface area contributed by atoms with Gasteiger partial charge in [-0.25, -0.2) is 0 Å².